The number of benzene rings is 1. The number of carboxylic acid groups (broad SMARTS) is 1. The Morgan fingerprint density at radius 3 is 2.67 bits per heavy atom. The molecular formula is C19H15N3O6S2. The lowest BCUT2D eigenvalue weighted by atomic mass is 10.2. The molecule has 0 aliphatic carbocycles. The van der Waals surface area contributed by atoms with E-state index in [0.717, 1.165) is 11.3 Å². The molecule has 0 unspecified atom stereocenters. The van der Waals surface area contributed by atoms with Crippen molar-refractivity contribution < 1.29 is 27.8 Å². The minimum Gasteiger partial charge on any atom is -0.495 e. The zero-order valence-electron chi connectivity index (χ0n) is 15.7. The molecule has 2 heterocycles. The molecule has 1 aromatic carbocycles. The zero-order chi connectivity index (χ0) is 21.7. The maximum Gasteiger partial charge on any atom is 0.335 e. The summed E-state index contributed by atoms with van der Waals surface area (Å²) in [6, 6.07) is 5.49. The molecule has 0 amide bonds. The number of thiazole rings is 1. The summed E-state index contributed by atoms with van der Waals surface area (Å²) in [6.45, 7) is 0. The summed E-state index contributed by atoms with van der Waals surface area (Å²) < 4.78 is 37.8. The number of methoxy groups -OCH3 is 2. The van der Waals surface area contributed by atoms with Gasteiger partial charge >= 0.3 is 5.97 Å². The molecule has 2 N–H and O–H groups in total. The van der Waals surface area contributed by atoms with Gasteiger partial charge in [0.05, 0.1) is 31.7 Å². The zero-order valence-corrected chi connectivity index (χ0v) is 17.4. The first-order chi connectivity index (χ1) is 14.3. The van der Waals surface area contributed by atoms with E-state index in [2.05, 4.69) is 26.5 Å². The molecule has 0 saturated heterocycles. The van der Waals surface area contributed by atoms with Crippen LogP contribution in [0.2, 0.25) is 0 Å². The highest BCUT2D eigenvalue weighted by molar-refractivity contribution is 7.92. The molecule has 0 atom stereocenters. The van der Waals surface area contributed by atoms with Gasteiger partial charge in [-0.05, 0) is 30.2 Å². The smallest absolute Gasteiger partial charge is 0.335 e. The second kappa shape index (κ2) is 8.81. The van der Waals surface area contributed by atoms with Gasteiger partial charge in [-0.25, -0.2) is 9.78 Å². The van der Waals surface area contributed by atoms with Gasteiger partial charge in [0, 0.05) is 17.1 Å². The van der Waals surface area contributed by atoms with Crippen LogP contribution in [-0.4, -0.2) is 43.7 Å². The predicted molar refractivity (Wildman–Crippen MR) is 110 cm³/mol. The lowest BCUT2D eigenvalue weighted by Crippen LogP contribution is -2.14. The number of nitrogens with one attached hydrogen (secondary N) is 1. The van der Waals surface area contributed by atoms with E-state index in [9.17, 15) is 13.2 Å². The monoisotopic (exact) mass is 445 g/mol. The first-order valence-electron chi connectivity index (χ1n) is 8.23. The van der Waals surface area contributed by atoms with Gasteiger partial charge in [-0.3, -0.25) is 9.71 Å². The minimum atomic E-state index is -4.03. The second-order valence-electron chi connectivity index (χ2n) is 5.68. The van der Waals surface area contributed by atoms with Crippen LogP contribution < -0.4 is 14.2 Å². The van der Waals surface area contributed by atoms with Gasteiger partial charge in [0.15, 0.2) is 10.0 Å². The van der Waals surface area contributed by atoms with Crippen molar-refractivity contribution in [3.63, 3.8) is 0 Å². The van der Waals surface area contributed by atoms with Crippen molar-refractivity contribution in [1.82, 2.24) is 9.97 Å². The van der Waals surface area contributed by atoms with E-state index in [1.807, 2.05) is 0 Å². The molecule has 0 aliphatic rings. The average Bonchev–Trinajstić information content (AvgIpc) is 3.22. The molecule has 3 rings (SSSR count). The Morgan fingerprint density at radius 2 is 1.97 bits per heavy atom. The number of hydrogen-bond acceptors (Lipinski definition) is 8. The highest BCUT2D eigenvalue weighted by atomic mass is 32.2. The number of carboxylic acids is 1. The largest absolute Gasteiger partial charge is 0.495 e. The number of aromatic carboxylic acids is 1. The van der Waals surface area contributed by atoms with E-state index in [1.165, 1.54) is 37.8 Å². The number of hydrogen-bond donors (Lipinski definition) is 2. The van der Waals surface area contributed by atoms with Gasteiger partial charge in [0.2, 0.25) is 0 Å². The molecule has 0 saturated carbocycles. The Balaban J connectivity index is 1.83. The van der Waals surface area contributed by atoms with E-state index in [0.29, 0.717) is 16.3 Å². The third-order valence-corrected chi connectivity index (χ3v) is 5.87. The Kier molecular flexibility index (Phi) is 6.20. The van der Waals surface area contributed by atoms with Crippen LogP contribution in [0.5, 0.6) is 11.5 Å². The quantitative estimate of drug-likeness (QED) is 0.554. The third-order valence-electron chi connectivity index (χ3n) is 3.71. The summed E-state index contributed by atoms with van der Waals surface area (Å²) in [7, 11) is -1.20. The minimum absolute atomic E-state index is 0.0342. The summed E-state index contributed by atoms with van der Waals surface area (Å²) >= 11 is 1.07. The summed E-state index contributed by atoms with van der Waals surface area (Å²) in [5.74, 6) is 5.11. The molecule has 0 radical (unpaired) electrons. The molecule has 0 spiro atoms. The summed E-state index contributed by atoms with van der Waals surface area (Å²) in [5, 5.41) is 10.5. The molecule has 2 aromatic heterocycles. The van der Waals surface area contributed by atoms with Gasteiger partial charge < -0.3 is 14.6 Å². The van der Waals surface area contributed by atoms with Crippen molar-refractivity contribution in [2.45, 2.75) is 5.03 Å². The number of pyridine rings is 1. The van der Waals surface area contributed by atoms with Crippen LogP contribution in [0.15, 0.2) is 47.1 Å². The van der Waals surface area contributed by atoms with Crippen LogP contribution >= 0.6 is 11.3 Å². The van der Waals surface area contributed by atoms with Crippen molar-refractivity contribution in [2.75, 3.05) is 18.9 Å². The summed E-state index contributed by atoms with van der Waals surface area (Å²) in [6.07, 6.45) is 3.09. The van der Waals surface area contributed by atoms with E-state index < -0.39 is 16.0 Å². The van der Waals surface area contributed by atoms with Crippen LogP contribution in [-0.2, 0) is 10.0 Å². The SMILES string of the molecule is COc1cncc(C#Cc2nc(S(=O)(=O)Nc3ccc(C(=O)O)cc3OC)cs2)c1. The van der Waals surface area contributed by atoms with Crippen LogP contribution in [0.3, 0.4) is 0 Å². The molecule has 30 heavy (non-hydrogen) atoms. The topological polar surface area (TPSA) is 128 Å². The van der Waals surface area contributed by atoms with E-state index >= 15 is 0 Å². The molecular weight excluding hydrogens is 430 g/mol. The van der Waals surface area contributed by atoms with E-state index in [4.69, 9.17) is 14.6 Å². The standard InChI is InChI=1S/C19H15N3O6S2/c1-27-14-7-12(9-20-10-14)3-6-17-21-18(11-29-17)30(25,26)22-15-5-4-13(19(23)24)8-16(15)28-2/h4-5,7-11,22H,1-2H3,(H,23,24). The Bertz CT molecular complexity index is 1260. The van der Waals surface area contributed by atoms with Crippen LogP contribution in [0.1, 0.15) is 20.9 Å². The lowest BCUT2D eigenvalue weighted by molar-refractivity contribution is 0.0696. The van der Waals surface area contributed by atoms with Crippen molar-refractivity contribution in [1.29, 1.82) is 0 Å². The summed E-state index contributed by atoms with van der Waals surface area (Å²) in [4.78, 5) is 19.1. The van der Waals surface area contributed by atoms with Crippen LogP contribution in [0.25, 0.3) is 0 Å². The lowest BCUT2D eigenvalue weighted by Gasteiger charge is -2.11. The van der Waals surface area contributed by atoms with Gasteiger partial charge in [0.25, 0.3) is 10.0 Å². The molecule has 0 fully saturated rings. The first kappa shape index (κ1) is 21.1. The van der Waals surface area contributed by atoms with Crippen molar-refractivity contribution in [2.24, 2.45) is 0 Å². The third kappa shape index (κ3) is 4.86. The van der Waals surface area contributed by atoms with Crippen molar-refractivity contribution in [3.8, 4) is 23.3 Å². The van der Waals surface area contributed by atoms with Gasteiger partial charge in [-0.15, -0.1) is 11.3 Å². The highest BCUT2D eigenvalue weighted by Gasteiger charge is 2.20. The fourth-order valence-electron chi connectivity index (χ4n) is 2.27. The van der Waals surface area contributed by atoms with Gasteiger partial charge in [-0.2, -0.15) is 8.42 Å². The number of anilines is 1. The maximum absolute atomic E-state index is 12.6. The molecule has 154 valence electrons. The number of aromatic nitrogens is 2. The van der Waals surface area contributed by atoms with Crippen molar-refractivity contribution >= 4 is 33.0 Å². The number of nitrogens with zero attached hydrogens (tertiary/aromatic N) is 2. The number of sulfonamides is 1. The molecule has 0 aliphatic heterocycles. The van der Waals surface area contributed by atoms with Gasteiger partial charge in [-0.1, -0.05) is 5.92 Å². The first-order valence-corrected chi connectivity index (χ1v) is 10.6. The fraction of sp³-hybridized carbons (Fsp3) is 0.105. The Hall–Kier alpha value is -3.62. The number of ether oxygens (including phenoxy) is 2. The Labute approximate surface area is 176 Å². The molecule has 0 bridgehead atoms. The number of rotatable bonds is 6. The predicted octanol–water partition coefficient (Wildman–Crippen LogP) is 2.45. The molecule has 3 aromatic rings. The van der Waals surface area contributed by atoms with E-state index in [1.54, 1.807) is 18.5 Å². The normalized spacial score (nSPS) is 10.6. The van der Waals surface area contributed by atoms with E-state index in [-0.39, 0.29) is 22.0 Å². The molecule has 11 heteroatoms. The maximum atomic E-state index is 12.6. The van der Waals surface area contributed by atoms with Crippen LogP contribution in [0, 0.1) is 11.8 Å². The van der Waals surface area contributed by atoms with Gasteiger partial charge in [0.1, 0.15) is 11.5 Å². The summed E-state index contributed by atoms with van der Waals surface area (Å²) in [5.41, 5.74) is 0.647. The van der Waals surface area contributed by atoms with Crippen LogP contribution in [0.4, 0.5) is 5.69 Å². The average molecular weight is 445 g/mol. The Morgan fingerprint density at radius 1 is 1.17 bits per heavy atom. The van der Waals surface area contributed by atoms with Crippen molar-refractivity contribution in [3.05, 3.63) is 58.2 Å². The fourth-order valence-corrected chi connectivity index (χ4v) is 4.28. The second-order valence-corrected chi connectivity index (χ2v) is 8.17. The highest BCUT2D eigenvalue weighted by Crippen LogP contribution is 2.28. The molecule has 9 nitrogen and oxygen atoms in total. The number of carbonyl (C=O) groups is 1.